The van der Waals surface area contributed by atoms with Crippen LogP contribution >= 0.6 is 0 Å². The lowest BCUT2D eigenvalue weighted by Crippen LogP contribution is -2.47. The van der Waals surface area contributed by atoms with Crippen LogP contribution < -0.4 is 10.6 Å². The summed E-state index contributed by atoms with van der Waals surface area (Å²) in [6.07, 6.45) is 6.64. The molecule has 2 N–H and O–H groups in total. The second kappa shape index (κ2) is 9.63. The highest BCUT2D eigenvalue weighted by atomic mass is 16.5. The van der Waals surface area contributed by atoms with Crippen LogP contribution in [0.1, 0.15) is 45.4 Å². The van der Waals surface area contributed by atoms with E-state index in [1.165, 1.54) is 26.4 Å². The van der Waals surface area contributed by atoms with E-state index in [-0.39, 0.29) is 23.8 Å². The van der Waals surface area contributed by atoms with Crippen molar-refractivity contribution >= 4 is 17.8 Å². The predicted octanol–water partition coefficient (Wildman–Crippen LogP) is 1.14. The largest absolute Gasteiger partial charge is 0.469 e. The van der Waals surface area contributed by atoms with E-state index in [0.717, 1.165) is 32.4 Å². The first-order chi connectivity index (χ1) is 12.0. The van der Waals surface area contributed by atoms with Crippen molar-refractivity contribution in [2.45, 2.75) is 51.5 Å². The minimum Gasteiger partial charge on any atom is -0.469 e. The molecule has 1 saturated heterocycles. The maximum atomic E-state index is 12.6. The van der Waals surface area contributed by atoms with Crippen LogP contribution in [0.4, 0.5) is 0 Å². The summed E-state index contributed by atoms with van der Waals surface area (Å²) in [5.41, 5.74) is 0. The van der Waals surface area contributed by atoms with Gasteiger partial charge in [-0.25, -0.2) is 0 Å². The van der Waals surface area contributed by atoms with Crippen molar-refractivity contribution in [1.82, 2.24) is 15.5 Å². The van der Waals surface area contributed by atoms with Gasteiger partial charge in [0.2, 0.25) is 5.91 Å². The number of amides is 1. The molecule has 2 aliphatic rings. The van der Waals surface area contributed by atoms with Crippen LogP contribution in [-0.4, -0.2) is 62.6 Å². The number of hydrogen-bond donors (Lipinski definition) is 2. The molecule has 25 heavy (non-hydrogen) atoms. The number of rotatable bonds is 5. The fourth-order valence-corrected chi connectivity index (χ4v) is 3.61. The van der Waals surface area contributed by atoms with Crippen molar-refractivity contribution in [1.29, 1.82) is 0 Å². The van der Waals surface area contributed by atoms with Crippen LogP contribution in [0, 0.1) is 11.8 Å². The fraction of sp³-hybridized carbons (Fsp3) is 0.833. The van der Waals surface area contributed by atoms with Crippen molar-refractivity contribution in [3.05, 3.63) is 0 Å². The number of carbonyl (C=O) groups excluding carboxylic acids is 2. The van der Waals surface area contributed by atoms with E-state index < -0.39 is 0 Å². The molecule has 0 aromatic carbocycles. The Balaban J connectivity index is 1.76. The summed E-state index contributed by atoms with van der Waals surface area (Å²) in [7, 11) is 3.10. The Morgan fingerprint density at radius 2 is 1.96 bits per heavy atom. The number of carbonyl (C=O) groups is 2. The Morgan fingerprint density at radius 3 is 2.60 bits per heavy atom. The van der Waals surface area contributed by atoms with Crippen LogP contribution in [0.15, 0.2) is 4.99 Å². The van der Waals surface area contributed by atoms with E-state index in [1.807, 2.05) is 11.8 Å². The molecule has 0 spiro atoms. The summed E-state index contributed by atoms with van der Waals surface area (Å²) in [5.74, 6) is 0.731. The Morgan fingerprint density at radius 1 is 1.24 bits per heavy atom. The normalized spacial score (nSPS) is 23.2. The zero-order valence-corrected chi connectivity index (χ0v) is 15.7. The lowest BCUT2D eigenvalue weighted by atomic mass is 9.88. The predicted molar refractivity (Wildman–Crippen MR) is 97.2 cm³/mol. The Labute approximate surface area is 150 Å². The number of likely N-dealkylation sites (tertiary alicyclic amines) is 1. The monoisotopic (exact) mass is 352 g/mol. The molecule has 0 bridgehead atoms. The maximum Gasteiger partial charge on any atom is 0.310 e. The molecule has 1 aliphatic heterocycles. The minimum absolute atomic E-state index is 0.201. The molecule has 1 amide bonds. The van der Waals surface area contributed by atoms with E-state index in [4.69, 9.17) is 4.74 Å². The highest BCUT2D eigenvalue weighted by molar-refractivity contribution is 5.82. The molecule has 2 atom stereocenters. The van der Waals surface area contributed by atoms with Crippen molar-refractivity contribution in [3.8, 4) is 0 Å². The zero-order chi connectivity index (χ0) is 18.2. The molecular weight excluding hydrogens is 320 g/mol. The zero-order valence-electron chi connectivity index (χ0n) is 15.7. The fourth-order valence-electron chi connectivity index (χ4n) is 3.61. The lowest BCUT2D eigenvalue weighted by Gasteiger charge is -2.26. The maximum absolute atomic E-state index is 12.6. The van der Waals surface area contributed by atoms with Gasteiger partial charge in [0.25, 0.3) is 0 Å². The number of aliphatic imine (C=N–C) groups is 1. The SMILES string of the molecule is CN=C(NCC(C)C(=O)OC)NC1CCN(C(=O)C2CCCCC2)C1. The van der Waals surface area contributed by atoms with Gasteiger partial charge in [-0.3, -0.25) is 14.6 Å². The van der Waals surface area contributed by atoms with E-state index in [2.05, 4.69) is 15.6 Å². The van der Waals surface area contributed by atoms with Crippen molar-refractivity contribution in [2.24, 2.45) is 16.8 Å². The standard InChI is InChI=1S/C18H32N4O3/c1-13(17(24)25-3)11-20-18(19-2)21-15-9-10-22(12-15)16(23)14-7-5-4-6-8-14/h13-15H,4-12H2,1-3H3,(H2,19,20,21). The van der Waals surface area contributed by atoms with Gasteiger partial charge in [-0.05, 0) is 19.3 Å². The first-order valence-corrected chi connectivity index (χ1v) is 9.39. The lowest BCUT2D eigenvalue weighted by molar-refractivity contribution is -0.144. The molecule has 142 valence electrons. The summed E-state index contributed by atoms with van der Waals surface area (Å²) in [6, 6.07) is 0.201. The summed E-state index contributed by atoms with van der Waals surface area (Å²) < 4.78 is 4.73. The van der Waals surface area contributed by atoms with Gasteiger partial charge in [0, 0.05) is 38.6 Å². The average molecular weight is 352 g/mol. The number of guanidine groups is 1. The van der Waals surface area contributed by atoms with Gasteiger partial charge >= 0.3 is 5.97 Å². The van der Waals surface area contributed by atoms with Crippen molar-refractivity contribution in [2.75, 3.05) is 33.8 Å². The number of esters is 1. The quantitative estimate of drug-likeness (QED) is 0.440. The van der Waals surface area contributed by atoms with Gasteiger partial charge < -0.3 is 20.3 Å². The minimum atomic E-state index is -0.243. The third-order valence-electron chi connectivity index (χ3n) is 5.20. The van der Waals surface area contributed by atoms with Gasteiger partial charge in [0.1, 0.15) is 0 Å². The molecule has 7 nitrogen and oxygen atoms in total. The van der Waals surface area contributed by atoms with Crippen molar-refractivity contribution in [3.63, 3.8) is 0 Å². The molecule has 2 fully saturated rings. The van der Waals surface area contributed by atoms with E-state index >= 15 is 0 Å². The van der Waals surface area contributed by atoms with Crippen LogP contribution in [0.5, 0.6) is 0 Å². The van der Waals surface area contributed by atoms with Gasteiger partial charge in [-0.15, -0.1) is 0 Å². The first-order valence-electron chi connectivity index (χ1n) is 9.39. The van der Waals surface area contributed by atoms with E-state index in [9.17, 15) is 9.59 Å². The number of hydrogen-bond acceptors (Lipinski definition) is 4. The Kier molecular flexibility index (Phi) is 7.52. The highest BCUT2D eigenvalue weighted by Gasteiger charge is 2.31. The van der Waals surface area contributed by atoms with Gasteiger partial charge in [0.15, 0.2) is 5.96 Å². The Hall–Kier alpha value is -1.79. The second-order valence-electron chi connectivity index (χ2n) is 7.13. The summed E-state index contributed by atoms with van der Waals surface area (Å²) in [6.45, 7) is 3.81. The second-order valence-corrected chi connectivity index (χ2v) is 7.13. The molecule has 0 radical (unpaired) electrons. The van der Waals surface area contributed by atoms with E-state index in [1.54, 1.807) is 7.05 Å². The molecule has 7 heteroatoms. The molecule has 0 aromatic rings. The molecule has 0 aromatic heterocycles. The highest BCUT2D eigenvalue weighted by Crippen LogP contribution is 2.26. The van der Waals surface area contributed by atoms with Crippen LogP contribution in [0.2, 0.25) is 0 Å². The molecule has 2 rings (SSSR count). The number of methoxy groups -OCH3 is 1. The van der Waals surface area contributed by atoms with E-state index in [0.29, 0.717) is 18.4 Å². The molecule has 2 unspecified atom stereocenters. The summed E-state index contributed by atoms with van der Waals surface area (Å²) >= 11 is 0. The molecule has 1 heterocycles. The number of nitrogens with one attached hydrogen (secondary N) is 2. The molecule has 1 aliphatic carbocycles. The molecule has 1 saturated carbocycles. The average Bonchev–Trinajstić information content (AvgIpc) is 3.12. The van der Waals surface area contributed by atoms with Gasteiger partial charge in [-0.2, -0.15) is 0 Å². The van der Waals surface area contributed by atoms with Crippen LogP contribution in [0.25, 0.3) is 0 Å². The van der Waals surface area contributed by atoms with Gasteiger partial charge in [-0.1, -0.05) is 26.2 Å². The van der Waals surface area contributed by atoms with Gasteiger partial charge in [0.05, 0.1) is 13.0 Å². The third kappa shape index (κ3) is 5.61. The Bertz CT molecular complexity index is 489. The summed E-state index contributed by atoms with van der Waals surface area (Å²) in [4.78, 5) is 30.3. The number of ether oxygens (including phenoxy) is 1. The smallest absolute Gasteiger partial charge is 0.310 e. The first kappa shape index (κ1) is 19.5. The van der Waals surface area contributed by atoms with Crippen molar-refractivity contribution < 1.29 is 14.3 Å². The number of nitrogens with zero attached hydrogens (tertiary/aromatic N) is 2. The van der Waals surface area contributed by atoms with Crippen LogP contribution in [0.3, 0.4) is 0 Å². The summed E-state index contributed by atoms with van der Waals surface area (Å²) in [5, 5.41) is 6.51. The van der Waals surface area contributed by atoms with Crippen LogP contribution in [-0.2, 0) is 14.3 Å². The molecular formula is C18H32N4O3. The topological polar surface area (TPSA) is 83.0 Å². The third-order valence-corrected chi connectivity index (χ3v) is 5.20.